The maximum atomic E-state index is 8.99. The lowest BCUT2D eigenvalue weighted by molar-refractivity contribution is 0.470. The molecule has 0 fully saturated rings. The molecule has 4 heterocycles. The predicted octanol–water partition coefficient (Wildman–Crippen LogP) is 2.36. The lowest BCUT2D eigenvalue weighted by atomic mass is 10.1. The smallest absolute Gasteiger partial charge is 0.149 e. The second kappa shape index (κ2) is 6.73. The number of rotatable bonds is 5. The molecule has 132 valence electrons. The van der Waals surface area contributed by atoms with E-state index in [-0.39, 0.29) is 18.9 Å². The van der Waals surface area contributed by atoms with E-state index >= 15 is 0 Å². The molecule has 4 aromatic rings. The van der Waals surface area contributed by atoms with E-state index in [1.54, 1.807) is 28.0 Å². The average molecular weight is 357 g/mol. The fourth-order valence-corrected chi connectivity index (χ4v) is 2.95. The summed E-state index contributed by atoms with van der Waals surface area (Å²) in [6, 6.07) is 5.83. The first-order valence-corrected chi connectivity index (χ1v) is 8.31. The molecule has 0 bridgehead atoms. The zero-order valence-electron chi connectivity index (χ0n) is 14.6. The highest BCUT2D eigenvalue weighted by atomic mass is 15.3. The van der Waals surface area contributed by atoms with Crippen LogP contribution in [0.2, 0.25) is 0 Å². The molecule has 9 heteroatoms. The van der Waals surface area contributed by atoms with E-state index in [9.17, 15) is 0 Å². The number of fused-ring (bicyclic) bond motifs is 1. The zero-order valence-corrected chi connectivity index (χ0v) is 14.6. The quantitative estimate of drug-likeness (QED) is 0.542. The molecule has 0 saturated heterocycles. The lowest BCUT2D eigenvalue weighted by Gasteiger charge is -2.09. The summed E-state index contributed by atoms with van der Waals surface area (Å²) in [7, 11) is 1.85. The molecule has 4 aromatic heterocycles. The largest absolute Gasteiger partial charge is 0.284 e. The summed E-state index contributed by atoms with van der Waals surface area (Å²) < 4.78 is 5.26. The molecular weight excluding hydrogens is 342 g/mol. The van der Waals surface area contributed by atoms with Gasteiger partial charge in [-0.25, -0.2) is 9.97 Å². The summed E-state index contributed by atoms with van der Waals surface area (Å²) in [5.41, 5.74) is 3.19. The van der Waals surface area contributed by atoms with Gasteiger partial charge in [0.2, 0.25) is 0 Å². The van der Waals surface area contributed by atoms with E-state index in [1.807, 2.05) is 36.1 Å². The molecule has 0 N–H and O–H groups in total. The second-order valence-electron chi connectivity index (χ2n) is 6.11. The zero-order chi connectivity index (χ0) is 18.8. The molecule has 0 aliphatic carbocycles. The van der Waals surface area contributed by atoms with Gasteiger partial charge in [-0.1, -0.05) is 0 Å². The van der Waals surface area contributed by atoms with Crippen LogP contribution in [-0.4, -0.2) is 33.9 Å². The first kappa shape index (κ1) is 16.5. The third-order valence-electron chi connectivity index (χ3n) is 4.28. The number of hydrogen-bond acceptors (Lipinski definition) is 6. The molecule has 9 nitrogen and oxygen atoms in total. The van der Waals surface area contributed by atoms with E-state index < -0.39 is 0 Å². The van der Waals surface area contributed by atoms with Crippen LogP contribution >= 0.6 is 0 Å². The van der Waals surface area contributed by atoms with Crippen molar-refractivity contribution < 1.29 is 0 Å². The minimum atomic E-state index is -0.284. The Morgan fingerprint density at radius 3 is 2.56 bits per heavy atom. The molecule has 0 saturated carbocycles. The van der Waals surface area contributed by atoms with Gasteiger partial charge in [0.15, 0.2) is 0 Å². The molecule has 0 aliphatic rings. The number of nitrogens with zero attached hydrogens (tertiary/aromatic N) is 9. The monoisotopic (exact) mass is 357 g/mol. The molecule has 0 aromatic carbocycles. The van der Waals surface area contributed by atoms with Crippen molar-refractivity contribution in [2.45, 2.75) is 18.9 Å². The summed E-state index contributed by atoms with van der Waals surface area (Å²) in [5.74, 6) is 0.683. The van der Waals surface area contributed by atoms with Gasteiger partial charge in [-0.15, -0.1) is 0 Å². The van der Waals surface area contributed by atoms with Crippen molar-refractivity contribution in [3.05, 3.63) is 43.2 Å². The Morgan fingerprint density at radius 1 is 1.07 bits per heavy atom. The van der Waals surface area contributed by atoms with Gasteiger partial charge in [0.05, 0.1) is 54.7 Å². The average Bonchev–Trinajstić information content (AvgIpc) is 3.41. The van der Waals surface area contributed by atoms with Crippen LogP contribution < -0.4 is 0 Å². The van der Waals surface area contributed by atoms with Gasteiger partial charge < -0.3 is 0 Å². The summed E-state index contributed by atoms with van der Waals surface area (Å²) in [5, 5.41) is 26.5. The Bertz CT molecular complexity index is 1170. The van der Waals surface area contributed by atoms with Crippen molar-refractivity contribution in [3.63, 3.8) is 0 Å². The van der Waals surface area contributed by atoms with Crippen molar-refractivity contribution in [1.29, 1.82) is 10.5 Å². The van der Waals surface area contributed by atoms with Gasteiger partial charge in [0, 0.05) is 43.5 Å². The normalized spacial score (nSPS) is 11.0. The van der Waals surface area contributed by atoms with Crippen LogP contribution in [0.5, 0.6) is 0 Å². The van der Waals surface area contributed by atoms with Gasteiger partial charge in [0.25, 0.3) is 0 Å². The van der Waals surface area contributed by atoms with Crippen LogP contribution in [0.25, 0.3) is 28.3 Å². The summed E-state index contributed by atoms with van der Waals surface area (Å²) in [6.07, 6.45) is 11.1. The van der Waals surface area contributed by atoms with Crippen molar-refractivity contribution in [1.82, 2.24) is 33.9 Å². The fourth-order valence-electron chi connectivity index (χ4n) is 2.95. The molecular formula is C18H15N9. The lowest BCUT2D eigenvalue weighted by Crippen LogP contribution is -2.08. The Kier molecular flexibility index (Phi) is 4.11. The first-order chi connectivity index (χ1) is 13.2. The van der Waals surface area contributed by atoms with Crippen molar-refractivity contribution in [3.8, 4) is 34.8 Å². The number of aromatic nitrogens is 7. The van der Waals surface area contributed by atoms with Crippen LogP contribution in [0, 0.1) is 22.7 Å². The van der Waals surface area contributed by atoms with Crippen LogP contribution in [-0.2, 0) is 7.05 Å². The molecule has 0 atom stereocenters. The maximum Gasteiger partial charge on any atom is 0.149 e. The highest BCUT2D eigenvalue weighted by molar-refractivity contribution is 5.68. The second-order valence-corrected chi connectivity index (χ2v) is 6.11. The maximum absolute atomic E-state index is 8.99. The Morgan fingerprint density at radius 2 is 1.85 bits per heavy atom. The van der Waals surface area contributed by atoms with Crippen LogP contribution in [0.3, 0.4) is 0 Å². The minimum Gasteiger partial charge on any atom is -0.284 e. The van der Waals surface area contributed by atoms with Crippen LogP contribution in [0.4, 0.5) is 0 Å². The standard InChI is InChI=1S/C18H15N9/c1-25-11-13(9-22-25)16-8-17-21-6-7-26(17)18(24-16)14-10-23-27(12-14)15(2-4-19)3-5-20/h6-12,15H,2-3H2,1H3. The van der Waals surface area contributed by atoms with E-state index in [4.69, 9.17) is 15.5 Å². The van der Waals surface area contributed by atoms with E-state index in [1.165, 1.54) is 0 Å². The minimum absolute atomic E-state index is 0.221. The number of nitriles is 2. The third kappa shape index (κ3) is 3.02. The number of aryl methyl sites for hydroxylation is 1. The molecule has 0 amide bonds. The van der Waals surface area contributed by atoms with Crippen molar-refractivity contribution in [2.75, 3.05) is 0 Å². The van der Waals surface area contributed by atoms with Crippen molar-refractivity contribution in [2.24, 2.45) is 7.05 Å². The molecule has 0 unspecified atom stereocenters. The first-order valence-electron chi connectivity index (χ1n) is 8.31. The number of imidazole rings is 1. The molecule has 4 rings (SSSR count). The van der Waals surface area contributed by atoms with E-state index in [0.29, 0.717) is 5.82 Å². The topological polar surface area (TPSA) is 113 Å². The van der Waals surface area contributed by atoms with Gasteiger partial charge >= 0.3 is 0 Å². The predicted molar refractivity (Wildman–Crippen MR) is 95.9 cm³/mol. The van der Waals surface area contributed by atoms with Crippen LogP contribution in [0.1, 0.15) is 18.9 Å². The van der Waals surface area contributed by atoms with Crippen LogP contribution in [0.15, 0.2) is 43.2 Å². The Hall–Kier alpha value is -3.98. The highest BCUT2D eigenvalue weighted by Crippen LogP contribution is 2.25. The summed E-state index contributed by atoms with van der Waals surface area (Å²) in [4.78, 5) is 9.16. The molecule has 0 radical (unpaired) electrons. The SMILES string of the molecule is Cn1cc(-c2cc3nccn3c(-c3cnn(C(CC#N)CC#N)c3)n2)cn1. The molecule has 27 heavy (non-hydrogen) atoms. The van der Waals surface area contributed by atoms with Crippen molar-refractivity contribution >= 4 is 5.65 Å². The van der Waals surface area contributed by atoms with Gasteiger partial charge in [-0.2, -0.15) is 20.7 Å². The van der Waals surface area contributed by atoms with E-state index in [0.717, 1.165) is 22.5 Å². The molecule has 0 spiro atoms. The Balaban J connectivity index is 1.81. The Labute approximate surface area is 154 Å². The summed E-state index contributed by atoms with van der Waals surface area (Å²) in [6.45, 7) is 0. The molecule has 0 aliphatic heterocycles. The van der Waals surface area contributed by atoms with Gasteiger partial charge in [-0.05, 0) is 0 Å². The third-order valence-corrected chi connectivity index (χ3v) is 4.28. The van der Waals surface area contributed by atoms with Gasteiger partial charge in [0.1, 0.15) is 11.5 Å². The van der Waals surface area contributed by atoms with Gasteiger partial charge in [-0.3, -0.25) is 13.8 Å². The highest BCUT2D eigenvalue weighted by Gasteiger charge is 2.16. The fraction of sp³-hybridized carbons (Fsp3) is 0.222. The number of hydrogen-bond donors (Lipinski definition) is 0. The van der Waals surface area contributed by atoms with E-state index in [2.05, 4.69) is 27.3 Å². The summed E-state index contributed by atoms with van der Waals surface area (Å²) >= 11 is 0.